The quantitative estimate of drug-likeness (QED) is 0.821. The van der Waals surface area contributed by atoms with Gasteiger partial charge >= 0.3 is 12.1 Å². The molecular weight excluding hydrogens is 377 g/mol. The first-order valence-corrected chi connectivity index (χ1v) is 8.69. The standard InChI is InChI=1S/C17H22N2O2.C2HF3O2/c1-13-11-15(14(2)21-13)12-18-7-9-19(10-8-18)16-5-3-4-6-17(16)20;3-2(4,5)1(6)7/h3-6,11,20H,7-10,12H2,1-2H3;(H,6,7). The molecule has 6 nitrogen and oxygen atoms in total. The van der Waals surface area contributed by atoms with Gasteiger partial charge < -0.3 is 19.5 Å². The van der Waals surface area contributed by atoms with Gasteiger partial charge in [0, 0.05) is 38.3 Å². The largest absolute Gasteiger partial charge is 0.506 e. The second kappa shape index (κ2) is 9.01. The number of para-hydroxylation sites is 2. The summed E-state index contributed by atoms with van der Waals surface area (Å²) in [5.41, 5.74) is 2.22. The van der Waals surface area contributed by atoms with E-state index in [1.54, 1.807) is 6.07 Å². The van der Waals surface area contributed by atoms with Crippen molar-refractivity contribution in [2.75, 3.05) is 31.1 Å². The Bertz CT molecular complexity index is 797. The van der Waals surface area contributed by atoms with Crippen LogP contribution in [-0.4, -0.2) is 53.4 Å². The van der Waals surface area contributed by atoms with Crippen molar-refractivity contribution < 1.29 is 32.6 Å². The number of aryl methyl sites for hydroxylation is 2. The molecule has 154 valence electrons. The minimum atomic E-state index is -5.08. The summed E-state index contributed by atoms with van der Waals surface area (Å²) >= 11 is 0. The number of benzene rings is 1. The summed E-state index contributed by atoms with van der Waals surface area (Å²) in [6.45, 7) is 8.84. The molecule has 9 heteroatoms. The lowest BCUT2D eigenvalue weighted by Crippen LogP contribution is -2.46. The molecule has 1 saturated heterocycles. The molecule has 0 spiro atoms. The molecule has 1 fully saturated rings. The number of carboxylic acids is 1. The lowest BCUT2D eigenvalue weighted by Gasteiger charge is -2.36. The molecular formula is C19H23F3N2O4. The van der Waals surface area contributed by atoms with E-state index in [1.807, 2.05) is 32.0 Å². The van der Waals surface area contributed by atoms with E-state index in [-0.39, 0.29) is 0 Å². The Labute approximate surface area is 160 Å². The zero-order valence-electron chi connectivity index (χ0n) is 15.7. The highest BCUT2D eigenvalue weighted by atomic mass is 19.4. The number of aromatic hydroxyl groups is 1. The van der Waals surface area contributed by atoms with Crippen molar-refractivity contribution in [2.45, 2.75) is 26.6 Å². The Kier molecular flexibility index (Phi) is 6.95. The summed E-state index contributed by atoms with van der Waals surface area (Å²) in [7, 11) is 0. The SMILES string of the molecule is Cc1cc(CN2CCN(c3ccccc3O)CC2)c(C)o1.O=C(O)C(F)(F)F. The van der Waals surface area contributed by atoms with Gasteiger partial charge in [-0.2, -0.15) is 13.2 Å². The lowest BCUT2D eigenvalue weighted by atomic mass is 10.2. The van der Waals surface area contributed by atoms with E-state index in [0.717, 1.165) is 49.9 Å². The molecule has 2 heterocycles. The number of hydrogen-bond donors (Lipinski definition) is 2. The highest BCUT2D eigenvalue weighted by molar-refractivity contribution is 5.73. The van der Waals surface area contributed by atoms with Gasteiger partial charge in [0.25, 0.3) is 0 Å². The zero-order valence-corrected chi connectivity index (χ0v) is 15.7. The van der Waals surface area contributed by atoms with Gasteiger partial charge in [0.05, 0.1) is 5.69 Å². The van der Waals surface area contributed by atoms with Crippen molar-refractivity contribution in [2.24, 2.45) is 0 Å². The van der Waals surface area contributed by atoms with E-state index in [2.05, 4.69) is 15.9 Å². The number of alkyl halides is 3. The van der Waals surface area contributed by atoms with Crippen LogP contribution in [0.3, 0.4) is 0 Å². The van der Waals surface area contributed by atoms with Crippen molar-refractivity contribution in [3.8, 4) is 5.75 Å². The normalized spacial score (nSPS) is 15.1. The summed E-state index contributed by atoms with van der Waals surface area (Å²) < 4.78 is 37.3. The maximum Gasteiger partial charge on any atom is 0.490 e. The Morgan fingerprint density at radius 2 is 1.71 bits per heavy atom. The first kappa shape index (κ1) is 21.6. The minimum absolute atomic E-state index is 0.368. The Hall–Kier alpha value is -2.68. The molecule has 0 radical (unpaired) electrons. The number of halogens is 3. The van der Waals surface area contributed by atoms with E-state index in [1.165, 1.54) is 5.56 Å². The van der Waals surface area contributed by atoms with Crippen LogP contribution in [0.25, 0.3) is 0 Å². The zero-order chi connectivity index (χ0) is 20.9. The second-order valence-electron chi connectivity index (χ2n) is 6.49. The minimum Gasteiger partial charge on any atom is -0.506 e. The first-order chi connectivity index (χ1) is 13.1. The molecule has 1 aromatic carbocycles. The van der Waals surface area contributed by atoms with Gasteiger partial charge in [-0.05, 0) is 32.0 Å². The number of carbonyl (C=O) groups is 1. The molecule has 0 saturated carbocycles. The van der Waals surface area contributed by atoms with Crippen molar-refractivity contribution >= 4 is 11.7 Å². The summed E-state index contributed by atoms with van der Waals surface area (Å²) in [6, 6.07) is 9.69. The highest BCUT2D eigenvalue weighted by Crippen LogP contribution is 2.27. The molecule has 2 N–H and O–H groups in total. The van der Waals surface area contributed by atoms with Crippen LogP contribution in [0.1, 0.15) is 17.1 Å². The summed E-state index contributed by atoms with van der Waals surface area (Å²) in [4.78, 5) is 13.6. The maximum atomic E-state index is 10.6. The van der Waals surface area contributed by atoms with Gasteiger partial charge in [-0.15, -0.1) is 0 Å². The molecule has 0 atom stereocenters. The number of phenols is 1. The van der Waals surface area contributed by atoms with Gasteiger partial charge in [0.1, 0.15) is 17.3 Å². The number of piperazine rings is 1. The molecule has 0 bridgehead atoms. The van der Waals surface area contributed by atoms with Crippen LogP contribution in [0.4, 0.5) is 18.9 Å². The fraction of sp³-hybridized carbons (Fsp3) is 0.421. The van der Waals surface area contributed by atoms with Crippen molar-refractivity contribution in [3.63, 3.8) is 0 Å². The molecule has 2 aromatic rings. The van der Waals surface area contributed by atoms with Gasteiger partial charge in [0.15, 0.2) is 0 Å². The number of hydrogen-bond acceptors (Lipinski definition) is 5. The Morgan fingerprint density at radius 1 is 1.14 bits per heavy atom. The molecule has 28 heavy (non-hydrogen) atoms. The number of carboxylic acid groups (broad SMARTS) is 1. The monoisotopic (exact) mass is 400 g/mol. The predicted molar refractivity (Wildman–Crippen MR) is 97.5 cm³/mol. The molecule has 0 unspecified atom stereocenters. The molecule has 1 aliphatic heterocycles. The van der Waals surface area contributed by atoms with E-state index < -0.39 is 12.1 Å². The van der Waals surface area contributed by atoms with Gasteiger partial charge in [0.2, 0.25) is 0 Å². The molecule has 0 aliphatic carbocycles. The van der Waals surface area contributed by atoms with Crippen LogP contribution in [0.2, 0.25) is 0 Å². The summed E-state index contributed by atoms with van der Waals surface area (Å²) in [5, 5.41) is 17.1. The van der Waals surface area contributed by atoms with E-state index >= 15 is 0 Å². The van der Waals surface area contributed by atoms with E-state index in [9.17, 15) is 18.3 Å². The molecule has 1 aromatic heterocycles. The third kappa shape index (κ3) is 5.91. The number of rotatable bonds is 3. The second-order valence-corrected chi connectivity index (χ2v) is 6.49. The number of nitrogens with zero attached hydrogens (tertiary/aromatic N) is 2. The van der Waals surface area contributed by atoms with E-state index in [0.29, 0.717) is 5.75 Å². The third-order valence-electron chi connectivity index (χ3n) is 4.37. The van der Waals surface area contributed by atoms with Crippen LogP contribution in [0.15, 0.2) is 34.7 Å². The van der Waals surface area contributed by atoms with Crippen molar-refractivity contribution in [1.82, 2.24) is 4.90 Å². The van der Waals surface area contributed by atoms with Gasteiger partial charge in [-0.1, -0.05) is 12.1 Å². The van der Waals surface area contributed by atoms with Crippen LogP contribution < -0.4 is 4.90 Å². The van der Waals surface area contributed by atoms with Crippen LogP contribution in [0.5, 0.6) is 5.75 Å². The first-order valence-electron chi connectivity index (χ1n) is 8.69. The fourth-order valence-corrected chi connectivity index (χ4v) is 2.96. The number of phenolic OH excluding ortho intramolecular Hbond substituents is 1. The average Bonchev–Trinajstić information content (AvgIpc) is 2.93. The third-order valence-corrected chi connectivity index (χ3v) is 4.37. The van der Waals surface area contributed by atoms with Crippen LogP contribution >= 0.6 is 0 Å². The maximum absolute atomic E-state index is 10.6. The molecule has 1 aliphatic rings. The predicted octanol–water partition coefficient (Wildman–Crippen LogP) is 3.56. The molecule has 3 rings (SSSR count). The van der Waals surface area contributed by atoms with E-state index in [4.69, 9.17) is 14.3 Å². The van der Waals surface area contributed by atoms with Crippen LogP contribution in [0, 0.1) is 13.8 Å². The summed E-state index contributed by atoms with van der Waals surface area (Å²) in [6.07, 6.45) is -5.08. The summed E-state index contributed by atoms with van der Waals surface area (Å²) in [5.74, 6) is -0.384. The average molecular weight is 400 g/mol. The number of aliphatic carboxylic acids is 1. The smallest absolute Gasteiger partial charge is 0.490 e. The molecule has 0 amide bonds. The number of anilines is 1. The lowest BCUT2D eigenvalue weighted by molar-refractivity contribution is -0.192. The topological polar surface area (TPSA) is 77.2 Å². The highest BCUT2D eigenvalue weighted by Gasteiger charge is 2.38. The number of furan rings is 1. The Balaban J connectivity index is 0.000000345. The van der Waals surface area contributed by atoms with Crippen molar-refractivity contribution in [1.29, 1.82) is 0 Å². The van der Waals surface area contributed by atoms with Crippen molar-refractivity contribution in [3.05, 3.63) is 47.4 Å². The fourth-order valence-electron chi connectivity index (χ4n) is 2.96. The van der Waals surface area contributed by atoms with Gasteiger partial charge in [-0.25, -0.2) is 4.79 Å². The Morgan fingerprint density at radius 3 is 2.18 bits per heavy atom. The van der Waals surface area contributed by atoms with Gasteiger partial charge in [-0.3, -0.25) is 4.90 Å². The van der Waals surface area contributed by atoms with Crippen LogP contribution in [-0.2, 0) is 11.3 Å².